The first-order chi connectivity index (χ1) is 9.54. The second-order valence-corrected chi connectivity index (χ2v) is 6.24. The molecule has 1 aromatic rings. The second-order valence-electron chi connectivity index (χ2n) is 6.24. The molecule has 0 aromatic carbocycles. The molecule has 1 aromatic heterocycles. The normalized spacial score (nSPS) is 22.7. The highest BCUT2D eigenvalue weighted by molar-refractivity contribution is 5.13. The zero-order valence-electron chi connectivity index (χ0n) is 13.1. The fourth-order valence-electron chi connectivity index (χ4n) is 3.17. The first kappa shape index (κ1) is 15.5. The minimum atomic E-state index is -1.16. The highest BCUT2D eigenvalue weighted by atomic mass is 19.1. The van der Waals surface area contributed by atoms with E-state index >= 15 is 0 Å². The van der Waals surface area contributed by atoms with E-state index in [9.17, 15) is 4.39 Å². The Kier molecular flexibility index (Phi) is 5.19. The molecule has 1 fully saturated rings. The molecule has 2 atom stereocenters. The van der Waals surface area contributed by atoms with Gasteiger partial charge in [-0.05, 0) is 52.1 Å². The fourth-order valence-corrected chi connectivity index (χ4v) is 3.17. The Morgan fingerprint density at radius 3 is 2.85 bits per heavy atom. The number of aromatic nitrogens is 2. The van der Waals surface area contributed by atoms with Gasteiger partial charge in [0.05, 0.1) is 5.69 Å². The molecular weight excluding hydrogens is 253 g/mol. The highest BCUT2D eigenvalue weighted by Gasteiger charge is 2.30. The van der Waals surface area contributed by atoms with Crippen LogP contribution >= 0.6 is 0 Å². The standard InChI is InChI=1S/C16H28FN3/c1-4-13-10-15(20(5-2)19-13)12-16(3,17)11-14-8-6-7-9-18-14/h10,14,18H,4-9,11-12H2,1-3H3. The van der Waals surface area contributed by atoms with E-state index in [0.29, 0.717) is 18.9 Å². The van der Waals surface area contributed by atoms with Gasteiger partial charge in [-0.15, -0.1) is 0 Å². The van der Waals surface area contributed by atoms with Crippen LogP contribution in [0, 0.1) is 0 Å². The lowest BCUT2D eigenvalue weighted by molar-refractivity contribution is 0.143. The van der Waals surface area contributed by atoms with Gasteiger partial charge in [-0.2, -0.15) is 5.10 Å². The van der Waals surface area contributed by atoms with E-state index in [1.165, 1.54) is 12.8 Å². The minimum Gasteiger partial charge on any atom is -0.314 e. The summed E-state index contributed by atoms with van der Waals surface area (Å²) in [5.74, 6) is 0. The Morgan fingerprint density at radius 2 is 2.25 bits per heavy atom. The summed E-state index contributed by atoms with van der Waals surface area (Å²) in [4.78, 5) is 0. The van der Waals surface area contributed by atoms with E-state index in [-0.39, 0.29) is 0 Å². The summed E-state index contributed by atoms with van der Waals surface area (Å²) in [6, 6.07) is 2.40. The van der Waals surface area contributed by atoms with E-state index in [2.05, 4.69) is 30.3 Å². The van der Waals surface area contributed by atoms with E-state index in [1.54, 1.807) is 6.92 Å². The Balaban J connectivity index is 2.00. The average molecular weight is 281 g/mol. The summed E-state index contributed by atoms with van der Waals surface area (Å²) in [5.41, 5.74) is 0.936. The molecular formula is C16H28FN3. The number of hydrogen-bond acceptors (Lipinski definition) is 2. The van der Waals surface area contributed by atoms with Crippen LogP contribution in [0.15, 0.2) is 6.07 Å². The van der Waals surface area contributed by atoms with Crippen molar-refractivity contribution >= 4 is 0 Å². The molecule has 0 aliphatic carbocycles. The van der Waals surface area contributed by atoms with E-state index in [1.807, 2.05) is 4.68 Å². The molecule has 0 bridgehead atoms. The van der Waals surface area contributed by atoms with Crippen LogP contribution < -0.4 is 5.32 Å². The number of nitrogens with one attached hydrogen (secondary N) is 1. The Labute approximate surface area is 121 Å². The van der Waals surface area contributed by atoms with Crippen LogP contribution in [0.4, 0.5) is 4.39 Å². The van der Waals surface area contributed by atoms with Crippen LogP contribution in [0.1, 0.15) is 57.8 Å². The molecule has 0 amide bonds. The zero-order valence-corrected chi connectivity index (χ0v) is 13.1. The number of alkyl halides is 1. The van der Waals surface area contributed by atoms with Crippen molar-refractivity contribution in [2.24, 2.45) is 0 Å². The van der Waals surface area contributed by atoms with Gasteiger partial charge in [0.25, 0.3) is 0 Å². The Bertz CT molecular complexity index is 419. The molecule has 4 heteroatoms. The smallest absolute Gasteiger partial charge is 0.115 e. The van der Waals surface area contributed by atoms with Crippen LogP contribution in [0.5, 0.6) is 0 Å². The lowest BCUT2D eigenvalue weighted by Crippen LogP contribution is -2.40. The maximum Gasteiger partial charge on any atom is 0.115 e. The molecule has 2 heterocycles. The highest BCUT2D eigenvalue weighted by Crippen LogP contribution is 2.26. The number of nitrogens with zero attached hydrogens (tertiary/aromatic N) is 2. The van der Waals surface area contributed by atoms with Gasteiger partial charge < -0.3 is 5.32 Å². The largest absolute Gasteiger partial charge is 0.314 e. The van der Waals surface area contributed by atoms with Crippen molar-refractivity contribution in [3.8, 4) is 0 Å². The SMILES string of the molecule is CCc1cc(CC(C)(F)CC2CCCCN2)n(CC)n1. The molecule has 0 spiro atoms. The number of halogens is 1. The predicted molar refractivity (Wildman–Crippen MR) is 80.8 cm³/mol. The topological polar surface area (TPSA) is 29.9 Å². The van der Waals surface area contributed by atoms with Crippen molar-refractivity contribution in [1.29, 1.82) is 0 Å². The molecule has 3 nitrogen and oxygen atoms in total. The molecule has 1 saturated heterocycles. The first-order valence-corrected chi connectivity index (χ1v) is 8.02. The van der Waals surface area contributed by atoms with Crippen LogP contribution in [0.2, 0.25) is 0 Å². The van der Waals surface area contributed by atoms with Gasteiger partial charge in [0, 0.05) is 24.7 Å². The number of hydrogen-bond donors (Lipinski definition) is 1. The van der Waals surface area contributed by atoms with E-state index in [4.69, 9.17) is 0 Å². The Hall–Kier alpha value is -0.900. The van der Waals surface area contributed by atoms with E-state index in [0.717, 1.165) is 37.3 Å². The van der Waals surface area contributed by atoms with Gasteiger partial charge in [0.2, 0.25) is 0 Å². The summed E-state index contributed by atoms with van der Waals surface area (Å²) >= 11 is 0. The van der Waals surface area contributed by atoms with Crippen LogP contribution in [-0.4, -0.2) is 28.0 Å². The molecule has 20 heavy (non-hydrogen) atoms. The Morgan fingerprint density at radius 1 is 1.45 bits per heavy atom. The van der Waals surface area contributed by atoms with Crippen molar-refractivity contribution < 1.29 is 4.39 Å². The first-order valence-electron chi connectivity index (χ1n) is 8.02. The number of rotatable bonds is 6. The van der Waals surface area contributed by atoms with Crippen LogP contribution in [-0.2, 0) is 19.4 Å². The molecule has 0 radical (unpaired) electrons. The molecule has 1 N–H and O–H groups in total. The van der Waals surface area contributed by atoms with Crippen molar-refractivity contribution in [2.75, 3.05) is 6.54 Å². The summed E-state index contributed by atoms with van der Waals surface area (Å²) in [6.45, 7) is 7.74. The van der Waals surface area contributed by atoms with Crippen molar-refractivity contribution in [3.05, 3.63) is 17.5 Å². The monoisotopic (exact) mass is 281 g/mol. The molecule has 0 saturated carbocycles. The third-order valence-electron chi connectivity index (χ3n) is 4.21. The summed E-state index contributed by atoms with van der Waals surface area (Å²) in [5, 5.41) is 7.96. The van der Waals surface area contributed by atoms with Crippen molar-refractivity contribution in [1.82, 2.24) is 15.1 Å². The van der Waals surface area contributed by atoms with Crippen LogP contribution in [0.3, 0.4) is 0 Å². The van der Waals surface area contributed by atoms with E-state index < -0.39 is 5.67 Å². The quantitative estimate of drug-likeness (QED) is 0.867. The average Bonchev–Trinajstić information content (AvgIpc) is 2.80. The molecule has 2 rings (SSSR count). The van der Waals surface area contributed by atoms with Gasteiger partial charge >= 0.3 is 0 Å². The number of piperidine rings is 1. The van der Waals surface area contributed by atoms with Crippen molar-refractivity contribution in [3.63, 3.8) is 0 Å². The van der Waals surface area contributed by atoms with Gasteiger partial charge in [0.1, 0.15) is 5.67 Å². The lowest BCUT2D eigenvalue weighted by Gasteiger charge is -2.30. The second kappa shape index (κ2) is 6.70. The lowest BCUT2D eigenvalue weighted by atomic mass is 9.89. The summed E-state index contributed by atoms with van der Waals surface area (Å²) in [7, 11) is 0. The summed E-state index contributed by atoms with van der Waals surface area (Å²) < 4.78 is 16.9. The van der Waals surface area contributed by atoms with Gasteiger partial charge in [-0.1, -0.05) is 13.3 Å². The maximum atomic E-state index is 14.9. The third-order valence-corrected chi connectivity index (χ3v) is 4.21. The maximum absolute atomic E-state index is 14.9. The molecule has 1 aliphatic heterocycles. The fraction of sp³-hybridized carbons (Fsp3) is 0.812. The van der Waals surface area contributed by atoms with Crippen LogP contribution in [0.25, 0.3) is 0 Å². The van der Waals surface area contributed by atoms with Gasteiger partial charge in [-0.25, -0.2) is 4.39 Å². The molecule has 2 unspecified atom stereocenters. The molecule has 114 valence electrons. The predicted octanol–water partition coefficient (Wildman–Crippen LogP) is 3.27. The summed E-state index contributed by atoms with van der Waals surface area (Å²) in [6.07, 6.45) is 5.53. The zero-order chi connectivity index (χ0) is 14.6. The minimum absolute atomic E-state index is 0.336. The van der Waals surface area contributed by atoms with Gasteiger partial charge in [-0.3, -0.25) is 4.68 Å². The number of aryl methyl sites for hydroxylation is 2. The van der Waals surface area contributed by atoms with Gasteiger partial charge in [0.15, 0.2) is 0 Å². The van der Waals surface area contributed by atoms with Crippen molar-refractivity contribution in [2.45, 2.75) is 77.6 Å². The third kappa shape index (κ3) is 4.05. The molecule has 1 aliphatic rings.